The number of carbonyl (C=O) groups excluding carboxylic acids is 1. The smallest absolute Gasteiger partial charge is 0.238 e. The van der Waals surface area contributed by atoms with Crippen molar-refractivity contribution >= 4 is 23.2 Å². The van der Waals surface area contributed by atoms with E-state index in [4.69, 9.17) is 11.6 Å². The minimum Gasteiger partial charge on any atom is -0.324 e. The predicted octanol–water partition coefficient (Wildman–Crippen LogP) is 3.46. The largest absolute Gasteiger partial charge is 0.324 e. The number of piperidine rings is 1. The maximum absolute atomic E-state index is 12.1. The van der Waals surface area contributed by atoms with E-state index in [-0.39, 0.29) is 5.91 Å². The number of likely N-dealkylation sites (tertiary alicyclic amines) is 1. The summed E-state index contributed by atoms with van der Waals surface area (Å²) in [6, 6.07) is 6.16. The number of nitrogens with one attached hydrogen (secondary N) is 1. The number of aryl methyl sites for hydroxylation is 1. The molecule has 1 aliphatic heterocycles. The monoisotopic (exact) mass is 280 g/mol. The summed E-state index contributed by atoms with van der Waals surface area (Å²) in [7, 11) is 0. The molecule has 1 aromatic carbocycles. The highest BCUT2D eigenvalue weighted by Crippen LogP contribution is 2.23. The molecule has 3 nitrogen and oxygen atoms in total. The van der Waals surface area contributed by atoms with Crippen molar-refractivity contribution in [2.24, 2.45) is 0 Å². The number of nitrogens with zero attached hydrogens (tertiary/aromatic N) is 1. The highest BCUT2D eigenvalue weighted by Gasteiger charge is 2.20. The van der Waals surface area contributed by atoms with Gasteiger partial charge in [-0.1, -0.05) is 24.1 Å². The first-order chi connectivity index (χ1) is 9.06. The van der Waals surface area contributed by atoms with Crippen LogP contribution < -0.4 is 5.32 Å². The molecule has 0 bridgehead atoms. The van der Waals surface area contributed by atoms with Gasteiger partial charge >= 0.3 is 0 Å². The first kappa shape index (κ1) is 14.4. The summed E-state index contributed by atoms with van der Waals surface area (Å²) in [5.41, 5.74) is 1.79. The predicted molar refractivity (Wildman–Crippen MR) is 79.7 cm³/mol. The fourth-order valence-electron chi connectivity index (χ4n) is 2.49. The number of carbonyl (C=O) groups is 1. The van der Waals surface area contributed by atoms with E-state index in [1.807, 2.05) is 25.1 Å². The summed E-state index contributed by atoms with van der Waals surface area (Å²) in [5, 5.41) is 3.49. The van der Waals surface area contributed by atoms with E-state index in [0.29, 0.717) is 23.3 Å². The molecule has 0 aliphatic carbocycles. The van der Waals surface area contributed by atoms with Gasteiger partial charge in [0.15, 0.2) is 0 Å². The molecule has 1 saturated heterocycles. The second-order valence-corrected chi connectivity index (χ2v) is 5.75. The average Bonchev–Trinajstić information content (AvgIpc) is 2.36. The number of hydrogen-bond acceptors (Lipinski definition) is 2. The summed E-state index contributed by atoms with van der Waals surface area (Å²) in [4.78, 5) is 14.3. The Kier molecular flexibility index (Phi) is 4.83. The van der Waals surface area contributed by atoms with Crippen LogP contribution in [0, 0.1) is 6.92 Å². The third kappa shape index (κ3) is 3.95. The molecule has 1 aromatic rings. The van der Waals surface area contributed by atoms with Gasteiger partial charge < -0.3 is 5.32 Å². The number of amides is 1. The van der Waals surface area contributed by atoms with Gasteiger partial charge in [-0.05, 0) is 50.9 Å². The maximum Gasteiger partial charge on any atom is 0.238 e. The normalized spacial score (nSPS) is 20.3. The second kappa shape index (κ2) is 6.40. The molecule has 0 aromatic heterocycles. The Morgan fingerprint density at radius 2 is 2.26 bits per heavy atom. The molecule has 0 unspecified atom stereocenters. The van der Waals surface area contributed by atoms with Gasteiger partial charge in [-0.15, -0.1) is 0 Å². The number of halogens is 1. The van der Waals surface area contributed by atoms with Crippen LogP contribution in [0.4, 0.5) is 5.69 Å². The molecule has 0 spiro atoms. The van der Waals surface area contributed by atoms with Crippen molar-refractivity contribution in [1.82, 2.24) is 4.90 Å². The summed E-state index contributed by atoms with van der Waals surface area (Å²) in [5.74, 6) is 0.0134. The number of rotatable bonds is 3. The van der Waals surface area contributed by atoms with Crippen LogP contribution in [0.3, 0.4) is 0 Å². The van der Waals surface area contributed by atoms with Crippen molar-refractivity contribution in [1.29, 1.82) is 0 Å². The minimum atomic E-state index is 0.0134. The van der Waals surface area contributed by atoms with Crippen molar-refractivity contribution in [3.05, 3.63) is 28.8 Å². The topological polar surface area (TPSA) is 32.3 Å². The van der Waals surface area contributed by atoms with Crippen LogP contribution in [0.2, 0.25) is 5.02 Å². The van der Waals surface area contributed by atoms with Crippen molar-refractivity contribution in [2.45, 2.75) is 39.2 Å². The molecule has 4 heteroatoms. The Labute approximate surface area is 119 Å². The second-order valence-electron chi connectivity index (χ2n) is 5.35. The number of anilines is 1. The van der Waals surface area contributed by atoms with Crippen LogP contribution >= 0.6 is 11.6 Å². The summed E-state index contributed by atoms with van der Waals surface area (Å²) in [6.45, 7) is 5.62. The number of benzene rings is 1. The fraction of sp³-hybridized carbons (Fsp3) is 0.533. The molecular weight excluding hydrogens is 260 g/mol. The highest BCUT2D eigenvalue weighted by atomic mass is 35.5. The van der Waals surface area contributed by atoms with E-state index < -0.39 is 0 Å². The fourth-order valence-corrected chi connectivity index (χ4v) is 2.77. The zero-order valence-electron chi connectivity index (χ0n) is 11.6. The Morgan fingerprint density at radius 1 is 1.47 bits per heavy atom. The summed E-state index contributed by atoms with van der Waals surface area (Å²) in [6.07, 6.45) is 3.63. The Balaban J connectivity index is 1.93. The zero-order valence-corrected chi connectivity index (χ0v) is 12.3. The Morgan fingerprint density at radius 3 is 2.95 bits per heavy atom. The van der Waals surface area contributed by atoms with Gasteiger partial charge in [0, 0.05) is 6.04 Å². The van der Waals surface area contributed by atoms with E-state index in [1.165, 1.54) is 19.3 Å². The van der Waals surface area contributed by atoms with Crippen molar-refractivity contribution in [2.75, 3.05) is 18.4 Å². The number of hydrogen-bond donors (Lipinski definition) is 1. The third-order valence-corrected chi connectivity index (χ3v) is 4.00. The lowest BCUT2D eigenvalue weighted by atomic mass is 10.0. The van der Waals surface area contributed by atoms with Gasteiger partial charge in [0.2, 0.25) is 5.91 Å². The summed E-state index contributed by atoms with van der Waals surface area (Å²) >= 11 is 6.12. The molecule has 1 fully saturated rings. The van der Waals surface area contributed by atoms with Crippen molar-refractivity contribution in [3.63, 3.8) is 0 Å². The van der Waals surface area contributed by atoms with Crippen LogP contribution in [0.15, 0.2) is 18.2 Å². The van der Waals surface area contributed by atoms with Gasteiger partial charge in [0.05, 0.1) is 17.3 Å². The lowest BCUT2D eigenvalue weighted by molar-refractivity contribution is -0.118. The van der Waals surface area contributed by atoms with Crippen LogP contribution in [0.1, 0.15) is 31.7 Å². The van der Waals surface area contributed by atoms with Crippen LogP contribution in [0.5, 0.6) is 0 Å². The van der Waals surface area contributed by atoms with E-state index in [1.54, 1.807) is 0 Å². The molecule has 104 valence electrons. The first-order valence-electron chi connectivity index (χ1n) is 6.86. The molecule has 0 saturated carbocycles. The Bertz CT molecular complexity index is 461. The molecular formula is C15H21ClN2O. The summed E-state index contributed by atoms with van der Waals surface area (Å²) < 4.78 is 0. The lowest BCUT2D eigenvalue weighted by Gasteiger charge is -2.32. The van der Waals surface area contributed by atoms with E-state index in [0.717, 1.165) is 12.1 Å². The quantitative estimate of drug-likeness (QED) is 0.920. The maximum atomic E-state index is 12.1. The third-order valence-electron chi connectivity index (χ3n) is 3.69. The minimum absolute atomic E-state index is 0.0134. The lowest BCUT2D eigenvalue weighted by Crippen LogP contribution is -2.42. The van der Waals surface area contributed by atoms with Gasteiger partial charge in [-0.25, -0.2) is 0 Å². The molecule has 0 radical (unpaired) electrons. The van der Waals surface area contributed by atoms with E-state index in [2.05, 4.69) is 17.1 Å². The van der Waals surface area contributed by atoms with Gasteiger partial charge in [-0.2, -0.15) is 0 Å². The standard InChI is InChI=1S/C15H21ClN2O/c1-11-6-7-14(13(16)9-11)17-15(19)10-18-8-4-3-5-12(18)2/h6-7,9,12H,3-5,8,10H2,1-2H3,(H,17,19)/t12-/m1/s1. The Hall–Kier alpha value is -1.06. The van der Waals surface area contributed by atoms with Crippen LogP contribution in [-0.4, -0.2) is 29.9 Å². The van der Waals surface area contributed by atoms with Gasteiger partial charge in [-0.3, -0.25) is 9.69 Å². The van der Waals surface area contributed by atoms with E-state index >= 15 is 0 Å². The van der Waals surface area contributed by atoms with Crippen LogP contribution in [-0.2, 0) is 4.79 Å². The molecule has 1 amide bonds. The highest BCUT2D eigenvalue weighted by molar-refractivity contribution is 6.33. The average molecular weight is 281 g/mol. The first-order valence-corrected chi connectivity index (χ1v) is 7.24. The van der Waals surface area contributed by atoms with Gasteiger partial charge in [0.25, 0.3) is 0 Å². The molecule has 1 N–H and O–H groups in total. The van der Waals surface area contributed by atoms with Crippen LogP contribution in [0.25, 0.3) is 0 Å². The molecule has 1 aliphatic rings. The molecule has 19 heavy (non-hydrogen) atoms. The zero-order chi connectivity index (χ0) is 13.8. The molecule has 2 rings (SSSR count). The van der Waals surface area contributed by atoms with Crippen molar-refractivity contribution in [3.8, 4) is 0 Å². The van der Waals surface area contributed by atoms with Gasteiger partial charge in [0.1, 0.15) is 0 Å². The van der Waals surface area contributed by atoms with Crippen molar-refractivity contribution < 1.29 is 4.79 Å². The molecule has 1 atom stereocenters. The van der Waals surface area contributed by atoms with E-state index in [9.17, 15) is 4.79 Å². The molecule has 1 heterocycles. The SMILES string of the molecule is Cc1ccc(NC(=O)CN2CCCC[C@H]2C)c(Cl)c1.